The van der Waals surface area contributed by atoms with Crippen molar-refractivity contribution >= 4 is 17.6 Å². The molecule has 0 radical (unpaired) electrons. The van der Waals surface area contributed by atoms with Gasteiger partial charge < -0.3 is 0 Å². The number of aliphatic imine (C=N–C) groups is 1. The van der Waals surface area contributed by atoms with Gasteiger partial charge in [0.15, 0.2) is 0 Å². The van der Waals surface area contributed by atoms with Crippen LogP contribution < -0.4 is 5.32 Å². The van der Waals surface area contributed by atoms with Crippen LogP contribution in [-0.2, 0) is 4.79 Å². The van der Waals surface area contributed by atoms with E-state index >= 15 is 0 Å². The Labute approximate surface area is 73.4 Å². The van der Waals surface area contributed by atoms with Gasteiger partial charge in [0, 0.05) is 0 Å². The van der Waals surface area contributed by atoms with Crippen molar-refractivity contribution in [2.24, 2.45) is 10.9 Å². The molecule has 0 aromatic heterocycles. The van der Waals surface area contributed by atoms with Crippen LogP contribution in [0.5, 0.6) is 0 Å². The van der Waals surface area contributed by atoms with Crippen LogP contribution in [0.15, 0.2) is 29.0 Å². The van der Waals surface area contributed by atoms with Crippen molar-refractivity contribution in [1.82, 2.24) is 5.32 Å². The topological polar surface area (TPSA) is 65.3 Å². The van der Waals surface area contributed by atoms with Gasteiger partial charge in [0.25, 0.3) is 0 Å². The van der Waals surface area contributed by atoms with Crippen LogP contribution in [0.25, 0.3) is 0 Å². The number of allylic oxidation sites excluding steroid dienone is 3. The zero-order valence-electron chi connectivity index (χ0n) is 6.54. The summed E-state index contributed by atoms with van der Waals surface area (Å²) >= 11 is 0. The molecule has 1 atom stereocenters. The third-order valence-corrected chi connectivity index (χ3v) is 1.82. The Kier molecular flexibility index (Phi) is 1.58. The molecular formula is C8H6FN3O. The molecule has 0 spiro atoms. The summed E-state index contributed by atoms with van der Waals surface area (Å²) in [5, 5.41) is 9.36. The van der Waals surface area contributed by atoms with E-state index in [1.807, 2.05) is 0 Å². The highest BCUT2D eigenvalue weighted by Gasteiger charge is 2.28. The first kappa shape index (κ1) is 7.85. The monoisotopic (exact) mass is 179 g/mol. The molecule has 1 aliphatic heterocycles. The fourth-order valence-electron chi connectivity index (χ4n) is 1.24. The Morgan fingerprint density at radius 1 is 1.62 bits per heavy atom. The fourth-order valence-corrected chi connectivity index (χ4v) is 1.24. The largest absolute Gasteiger partial charge is 0.294 e. The third kappa shape index (κ3) is 1.28. The molecule has 0 saturated heterocycles. The molecule has 0 bridgehead atoms. The maximum Gasteiger partial charge on any atom is 0.239 e. The van der Waals surface area contributed by atoms with E-state index in [9.17, 15) is 9.18 Å². The van der Waals surface area contributed by atoms with Crippen LogP contribution >= 0.6 is 0 Å². The molecule has 1 unspecified atom stereocenters. The average molecular weight is 179 g/mol. The minimum absolute atomic E-state index is 0.240. The molecule has 13 heavy (non-hydrogen) atoms. The van der Waals surface area contributed by atoms with Crippen molar-refractivity contribution in [2.75, 3.05) is 0 Å². The van der Waals surface area contributed by atoms with E-state index in [2.05, 4.69) is 10.3 Å². The molecule has 5 heteroatoms. The zero-order valence-corrected chi connectivity index (χ0v) is 6.54. The lowest BCUT2D eigenvalue weighted by Gasteiger charge is -2.20. The highest BCUT2D eigenvalue weighted by atomic mass is 19.1. The first-order valence-corrected chi connectivity index (χ1v) is 3.70. The zero-order chi connectivity index (χ0) is 9.42. The van der Waals surface area contributed by atoms with Crippen molar-refractivity contribution in [3.05, 3.63) is 24.1 Å². The molecule has 66 valence electrons. The van der Waals surface area contributed by atoms with Gasteiger partial charge in [0.2, 0.25) is 11.9 Å². The smallest absolute Gasteiger partial charge is 0.239 e. The summed E-state index contributed by atoms with van der Waals surface area (Å²) in [6.07, 6.45) is 3.81. The number of hydrogen-bond donors (Lipinski definition) is 2. The summed E-state index contributed by atoms with van der Waals surface area (Å²) in [5.41, 5.74) is 0.286. The van der Waals surface area contributed by atoms with Gasteiger partial charge in [-0.25, -0.2) is 9.38 Å². The summed E-state index contributed by atoms with van der Waals surface area (Å²) in [6.45, 7) is 0. The maximum atomic E-state index is 12.7. The van der Waals surface area contributed by atoms with E-state index in [1.165, 1.54) is 12.2 Å². The van der Waals surface area contributed by atoms with Crippen LogP contribution in [0.4, 0.5) is 4.39 Å². The van der Waals surface area contributed by atoms with Crippen molar-refractivity contribution in [2.45, 2.75) is 0 Å². The number of fused-ring (bicyclic) bond motifs is 1. The Morgan fingerprint density at radius 3 is 3.15 bits per heavy atom. The molecule has 1 amide bonds. The third-order valence-electron chi connectivity index (χ3n) is 1.82. The minimum atomic E-state index is -0.548. The molecule has 1 heterocycles. The van der Waals surface area contributed by atoms with Gasteiger partial charge in [-0.15, -0.1) is 0 Å². The van der Waals surface area contributed by atoms with E-state index in [-0.39, 0.29) is 17.6 Å². The summed E-state index contributed by atoms with van der Waals surface area (Å²) in [7, 11) is 0. The molecule has 4 nitrogen and oxygen atoms in total. The lowest BCUT2D eigenvalue weighted by molar-refractivity contribution is -0.120. The number of nitrogens with one attached hydrogen (secondary N) is 2. The van der Waals surface area contributed by atoms with Gasteiger partial charge in [-0.3, -0.25) is 15.5 Å². The number of halogens is 1. The van der Waals surface area contributed by atoms with E-state index < -0.39 is 11.7 Å². The molecule has 0 saturated carbocycles. The number of hydrogen-bond acceptors (Lipinski definition) is 2. The number of amides is 1. The summed E-state index contributed by atoms with van der Waals surface area (Å²) in [4.78, 5) is 14.9. The van der Waals surface area contributed by atoms with E-state index in [4.69, 9.17) is 5.41 Å². The molecule has 0 fully saturated rings. The van der Waals surface area contributed by atoms with Crippen LogP contribution in [0.2, 0.25) is 0 Å². The normalized spacial score (nSPS) is 26.1. The summed E-state index contributed by atoms with van der Waals surface area (Å²) in [5.74, 6) is -1.57. The standard InChI is InChI=1S/C8H6FN3O/c9-4-1-2-5-6(3-4)11-8(10)12-7(5)13/h1-3,5H,(H2,10,12,13). The van der Waals surface area contributed by atoms with Crippen LogP contribution in [0.1, 0.15) is 0 Å². The minimum Gasteiger partial charge on any atom is -0.294 e. The predicted molar refractivity (Wildman–Crippen MR) is 45.1 cm³/mol. The van der Waals surface area contributed by atoms with Gasteiger partial charge in [-0.2, -0.15) is 0 Å². The molecule has 0 aromatic rings. The number of rotatable bonds is 0. The van der Waals surface area contributed by atoms with E-state index in [0.29, 0.717) is 0 Å². The van der Waals surface area contributed by atoms with Crippen molar-refractivity contribution in [3.63, 3.8) is 0 Å². The highest BCUT2D eigenvalue weighted by Crippen LogP contribution is 2.17. The maximum absolute atomic E-state index is 12.7. The molecular weight excluding hydrogens is 173 g/mol. The van der Waals surface area contributed by atoms with Gasteiger partial charge >= 0.3 is 0 Å². The van der Waals surface area contributed by atoms with Crippen LogP contribution in [0, 0.1) is 11.3 Å². The number of carbonyl (C=O) groups excluding carboxylic acids is 1. The second-order valence-corrected chi connectivity index (χ2v) is 2.74. The molecule has 2 rings (SSSR count). The Balaban J connectivity index is 2.44. The first-order chi connectivity index (χ1) is 6.16. The molecule has 1 aliphatic carbocycles. The Bertz CT molecular complexity index is 381. The van der Waals surface area contributed by atoms with E-state index in [0.717, 1.165) is 6.08 Å². The molecule has 2 aliphatic rings. The van der Waals surface area contributed by atoms with Crippen molar-refractivity contribution in [3.8, 4) is 0 Å². The summed E-state index contributed by atoms with van der Waals surface area (Å²) in [6, 6.07) is 0. The van der Waals surface area contributed by atoms with Gasteiger partial charge in [-0.1, -0.05) is 6.08 Å². The van der Waals surface area contributed by atoms with E-state index in [1.54, 1.807) is 0 Å². The SMILES string of the molecule is N=C1N=C2C=C(F)C=CC2C(=O)N1. The van der Waals surface area contributed by atoms with Gasteiger partial charge in [0.05, 0.1) is 11.6 Å². The number of guanidine groups is 1. The van der Waals surface area contributed by atoms with Crippen LogP contribution in [-0.4, -0.2) is 17.6 Å². The molecule has 0 aromatic carbocycles. The second kappa shape index (κ2) is 2.62. The number of carbonyl (C=O) groups is 1. The van der Waals surface area contributed by atoms with Crippen molar-refractivity contribution in [1.29, 1.82) is 5.41 Å². The predicted octanol–water partition coefficient (Wildman–Crippen LogP) is 0.531. The second-order valence-electron chi connectivity index (χ2n) is 2.74. The first-order valence-electron chi connectivity index (χ1n) is 3.70. The summed E-state index contributed by atoms with van der Waals surface area (Å²) < 4.78 is 12.7. The number of nitrogens with zero attached hydrogens (tertiary/aromatic N) is 1. The van der Waals surface area contributed by atoms with Crippen molar-refractivity contribution < 1.29 is 9.18 Å². The fraction of sp³-hybridized carbons (Fsp3) is 0.125. The lowest BCUT2D eigenvalue weighted by Crippen LogP contribution is -2.42. The lowest BCUT2D eigenvalue weighted by atomic mass is 9.96. The quantitative estimate of drug-likeness (QED) is 0.559. The Morgan fingerprint density at radius 2 is 2.38 bits per heavy atom. The van der Waals surface area contributed by atoms with Gasteiger partial charge in [-0.05, 0) is 12.2 Å². The Hall–Kier alpha value is -1.78. The van der Waals surface area contributed by atoms with Crippen LogP contribution in [0.3, 0.4) is 0 Å². The van der Waals surface area contributed by atoms with Gasteiger partial charge in [0.1, 0.15) is 5.83 Å². The average Bonchev–Trinajstić information content (AvgIpc) is 2.02. The highest BCUT2D eigenvalue weighted by molar-refractivity contribution is 6.22. The molecule has 2 N–H and O–H groups in total.